The number of nitrogens with one attached hydrogen (secondary N) is 1. The summed E-state index contributed by atoms with van der Waals surface area (Å²) in [7, 11) is 0. The zero-order valence-electron chi connectivity index (χ0n) is 10.9. The summed E-state index contributed by atoms with van der Waals surface area (Å²) in [4.78, 5) is 11.8. The van der Waals surface area contributed by atoms with Gasteiger partial charge >= 0.3 is 0 Å². The van der Waals surface area contributed by atoms with Crippen LogP contribution < -0.4 is 11.2 Å². The molecule has 0 aliphatic heterocycles. The largest absolute Gasteiger partial charge is 0.399 e. The number of nitrogen functional groups attached to an aromatic ring is 1. The Morgan fingerprint density at radius 2 is 1.60 bits per heavy atom. The molecule has 1 amide bonds. The molecule has 20 heavy (non-hydrogen) atoms. The summed E-state index contributed by atoms with van der Waals surface area (Å²) < 4.78 is 12.7. The molecule has 0 fully saturated rings. The van der Waals surface area contributed by atoms with Gasteiger partial charge < -0.3 is 5.73 Å². The number of anilines is 1. The maximum absolute atomic E-state index is 12.7. The number of hydrogen-bond donors (Lipinski definition) is 2. The van der Waals surface area contributed by atoms with Crippen molar-refractivity contribution in [2.45, 2.75) is 6.92 Å². The van der Waals surface area contributed by atoms with Gasteiger partial charge in [0.25, 0.3) is 5.91 Å². The second kappa shape index (κ2) is 5.97. The van der Waals surface area contributed by atoms with E-state index in [1.54, 1.807) is 19.1 Å². The van der Waals surface area contributed by atoms with Gasteiger partial charge in [0, 0.05) is 11.3 Å². The Hall–Kier alpha value is -2.69. The molecule has 0 spiro atoms. The number of carbonyl (C=O) groups is 1. The van der Waals surface area contributed by atoms with Crippen molar-refractivity contribution < 1.29 is 9.18 Å². The van der Waals surface area contributed by atoms with Crippen LogP contribution in [0.1, 0.15) is 22.8 Å². The van der Waals surface area contributed by atoms with Crippen molar-refractivity contribution in [2.24, 2.45) is 5.10 Å². The second-order valence-corrected chi connectivity index (χ2v) is 4.27. The zero-order valence-corrected chi connectivity index (χ0v) is 10.9. The number of rotatable bonds is 3. The predicted octanol–water partition coefficient (Wildman–Crippen LogP) is 2.56. The lowest BCUT2D eigenvalue weighted by Crippen LogP contribution is -2.19. The highest BCUT2D eigenvalue weighted by Gasteiger charge is 2.04. The van der Waals surface area contributed by atoms with Gasteiger partial charge in [0.05, 0.1) is 5.71 Å². The summed E-state index contributed by atoms with van der Waals surface area (Å²) in [5.41, 5.74) is 10.5. The Balaban J connectivity index is 2.06. The first-order valence-corrected chi connectivity index (χ1v) is 6.02. The minimum Gasteiger partial charge on any atom is -0.399 e. The van der Waals surface area contributed by atoms with Gasteiger partial charge in [-0.2, -0.15) is 5.10 Å². The molecule has 0 unspecified atom stereocenters. The molecule has 0 aromatic heterocycles. The Kier molecular flexibility index (Phi) is 4.10. The third-order valence-electron chi connectivity index (χ3n) is 2.76. The number of nitrogens with two attached hydrogens (primary N) is 1. The van der Waals surface area contributed by atoms with Gasteiger partial charge in [0.1, 0.15) is 5.82 Å². The maximum Gasteiger partial charge on any atom is 0.271 e. The van der Waals surface area contributed by atoms with Crippen LogP contribution in [0.5, 0.6) is 0 Å². The monoisotopic (exact) mass is 271 g/mol. The SMILES string of the molecule is CC(=NNC(=O)c1ccc(F)cc1)c1ccc(N)cc1. The molecule has 0 saturated heterocycles. The Labute approximate surface area is 116 Å². The lowest BCUT2D eigenvalue weighted by Gasteiger charge is -2.03. The van der Waals surface area contributed by atoms with Crippen LogP contribution in [0.2, 0.25) is 0 Å². The van der Waals surface area contributed by atoms with E-state index in [0.29, 0.717) is 17.0 Å². The van der Waals surface area contributed by atoms with E-state index in [1.165, 1.54) is 24.3 Å². The Morgan fingerprint density at radius 1 is 1.05 bits per heavy atom. The van der Waals surface area contributed by atoms with E-state index in [1.807, 2.05) is 12.1 Å². The van der Waals surface area contributed by atoms with Gasteiger partial charge in [-0.3, -0.25) is 4.79 Å². The maximum atomic E-state index is 12.7. The molecule has 4 nitrogen and oxygen atoms in total. The Morgan fingerprint density at radius 3 is 2.20 bits per heavy atom. The molecule has 0 aliphatic rings. The average Bonchev–Trinajstić information content (AvgIpc) is 2.46. The fraction of sp³-hybridized carbons (Fsp3) is 0.0667. The summed E-state index contributed by atoms with van der Waals surface area (Å²) >= 11 is 0. The molecule has 0 saturated carbocycles. The van der Waals surface area contributed by atoms with Crippen molar-refractivity contribution >= 4 is 17.3 Å². The molecule has 0 heterocycles. The molecule has 5 heteroatoms. The van der Waals surface area contributed by atoms with Crippen LogP contribution in [-0.2, 0) is 0 Å². The van der Waals surface area contributed by atoms with Crippen LogP contribution in [0.25, 0.3) is 0 Å². The van der Waals surface area contributed by atoms with Crippen LogP contribution in [0.3, 0.4) is 0 Å². The van der Waals surface area contributed by atoms with Crippen molar-refractivity contribution in [3.63, 3.8) is 0 Å². The summed E-state index contributed by atoms with van der Waals surface area (Å²) in [6, 6.07) is 12.4. The van der Waals surface area contributed by atoms with Crippen LogP contribution >= 0.6 is 0 Å². The number of hydrazone groups is 1. The van der Waals surface area contributed by atoms with Crippen molar-refractivity contribution in [3.05, 3.63) is 65.5 Å². The smallest absolute Gasteiger partial charge is 0.271 e. The van der Waals surface area contributed by atoms with Crippen LogP contribution in [0, 0.1) is 5.82 Å². The van der Waals surface area contributed by atoms with Gasteiger partial charge in [0.15, 0.2) is 0 Å². The van der Waals surface area contributed by atoms with Gasteiger partial charge in [0.2, 0.25) is 0 Å². The number of halogens is 1. The first-order valence-electron chi connectivity index (χ1n) is 6.02. The molecule has 0 atom stereocenters. The molecule has 0 bridgehead atoms. The van der Waals surface area contributed by atoms with Crippen LogP contribution in [0.15, 0.2) is 53.6 Å². The van der Waals surface area contributed by atoms with Crippen LogP contribution in [-0.4, -0.2) is 11.6 Å². The number of amides is 1. The van der Waals surface area contributed by atoms with E-state index in [4.69, 9.17) is 5.73 Å². The number of nitrogens with zero attached hydrogens (tertiary/aromatic N) is 1. The lowest BCUT2D eigenvalue weighted by atomic mass is 10.1. The molecular weight excluding hydrogens is 257 g/mol. The third-order valence-corrected chi connectivity index (χ3v) is 2.76. The lowest BCUT2D eigenvalue weighted by molar-refractivity contribution is 0.0955. The standard InChI is InChI=1S/C15H14FN3O/c1-10(11-4-8-14(17)9-5-11)18-19-15(20)12-2-6-13(16)7-3-12/h2-9H,17H2,1H3,(H,19,20). The van der Waals surface area contributed by atoms with E-state index >= 15 is 0 Å². The fourth-order valence-corrected chi connectivity index (χ4v) is 1.59. The molecule has 2 aromatic rings. The minimum absolute atomic E-state index is 0.347. The van der Waals surface area contributed by atoms with Crippen molar-refractivity contribution in [1.29, 1.82) is 0 Å². The van der Waals surface area contributed by atoms with E-state index < -0.39 is 0 Å². The molecule has 0 aliphatic carbocycles. The molecular formula is C15H14FN3O. The summed E-state index contributed by atoms with van der Waals surface area (Å²) in [5, 5.41) is 4.01. The highest BCUT2D eigenvalue weighted by atomic mass is 19.1. The number of benzene rings is 2. The fourth-order valence-electron chi connectivity index (χ4n) is 1.59. The third kappa shape index (κ3) is 3.41. The van der Waals surface area contributed by atoms with E-state index in [-0.39, 0.29) is 11.7 Å². The van der Waals surface area contributed by atoms with Crippen molar-refractivity contribution in [1.82, 2.24) is 5.43 Å². The number of hydrogen-bond acceptors (Lipinski definition) is 3. The molecule has 2 aromatic carbocycles. The second-order valence-electron chi connectivity index (χ2n) is 4.27. The Bertz CT molecular complexity index is 633. The topological polar surface area (TPSA) is 67.5 Å². The first kappa shape index (κ1) is 13.7. The average molecular weight is 271 g/mol. The predicted molar refractivity (Wildman–Crippen MR) is 76.9 cm³/mol. The van der Waals surface area contributed by atoms with Gasteiger partial charge in [-0.1, -0.05) is 12.1 Å². The zero-order chi connectivity index (χ0) is 14.5. The molecule has 2 rings (SSSR count). The highest BCUT2D eigenvalue weighted by Crippen LogP contribution is 2.07. The normalized spacial score (nSPS) is 11.2. The van der Waals surface area contributed by atoms with E-state index in [9.17, 15) is 9.18 Å². The van der Waals surface area contributed by atoms with Crippen LogP contribution in [0.4, 0.5) is 10.1 Å². The molecule has 0 radical (unpaired) electrons. The summed E-state index contributed by atoms with van der Waals surface area (Å²) in [6.07, 6.45) is 0. The van der Waals surface area contributed by atoms with Crippen molar-refractivity contribution in [3.8, 4) is 0 Å². The van der Waals surface area contributed by atoms with Gasteiger partial charge in [-0.05, 0) is 48.9 Å². The van der Waals surface area contributed by atoms with E-state index in [0.717, 1.165) is 5.56 Å². The highest BCUT2D eigenvalue weighted by molar-refractivity contribution is 6.01. The first-order chi connectivity index (χ1) is 9.56. The molecule has 3 N–H and O–H groups in total. The quantitative estimate of drug-likeness (QED) is 0.512. The minimum atomic E-state index is -0.389. The summed E-state index contributed by atoms with van der Waals surface area (Å²) in [5.74, 6) is -0.775. The van der Waals surface area contributed by atoms with Gasteiger partial charge in [-0.25, -0.2) is 9.82 Å². The van der Waals surface area contributed by atoms with E-state index in [2.05, 4.69) is 10.5 Å². The summed E-state index contributed by atoms with van der Waals surface area (Å²) in [6.45, 7) is 1.77. The van der Waals surface area contributed by atoms with Gasteiger partial charge in [-0.15, -0.1) is 0 Å². The number of carbonyl (C=O) groups excluding carboxylic acids is 1. The molecule has 102 valence electrons. The van der Waals surface area contributed by atoms with Crippen molar-refractivity contribution in [2.75, 3.05) is 5.73 Å².